The van der Waals surface area contributed by atoms with Crippen molar-refractivity contribution >= 4 is 34.2 Å². The molecule has 0 spiro atoms. The fraction of sp³-hybridized carbons (Fsp3) is 0.333. The first-order valence-corrected chi connectivity index (χ1v) is 11.5. The number of rotatable bonds is 5. The Hall–Kier alpha value is -3.19. The SMILES string of the molecule is CCc1nc2ccccc2n1CC(=O)Nc1ccc(Cl)c(-c2nnc3n2CCCCC3)c1. The summed E-state index contributed by atoms with van der Waals surface area (Å²) in [4.78, 5) is 17.6. The number of aromatic nitrogens is 5. The largest absolute Gasteiger partial charge is 0.325 e. The summed E-state index contributed by atoms with van der Waals surface area (Å²) in [5, 5.41) is 12.4. The number of nitrogens with one attached hydrogen (secondary N) is 1. The smallest absolute Gasteiger partial charge is 0.244 e. The number of hydrogen-bond acceptors (Lipinski definition) is 4. The third-order valence-corrected chi connectivity index (χ3v) is 6.28. The van der Waals surface area contributed by atoms with E-state index in [2.05, 4.69) is 25.1 Å². The Labute approximate surface area is 191 Å². The van der Waals surface area contributed by atoms with E-state index in [0.29, 0.717) is 10.7 Å². The van der Waals surface area contributed by atoms with Crippen molar-refractivity contribution in [2.45, 2.75) is 52.1 Å². The van der Waals surface area contributed by atoms with E-state index < -0.39 is 0 Å². The fourth-order valence-corrected chi connectivity index (χ4v) is 4.58. The number of carbonyl (C=O) groups excluding carboxylic acids is 1. The van der Waals surface area contributed by atoms with Gasteiger partial charge in [0.15, 0.2) is 5.82 Å². The Kier molecular flexibility index (Phi) is 5.66. The van der Waals surface area contributed by atoms with Crippen LogP contribution in [0.15, 0.2) is 42.5 Å². The van der Waals surface area contributed by atoms with Gasteiger partial charge in [0, 0.05) is 30.6 Å². The lowest BCUT2D eigenvalue weighted by Gasteiger charge is -2.12. The molecule has 0 unspecified atom stereocenters. The Morgan fingerprint density at radius 3 is 2.88 bits per heavy atom. The molecule has 2 aromatic carbocycles. The number of halogens is 1. The van der Waals surface area contributed by atoms with Crippen molar-refractivity contribution < 1.29 is 4.79 Å². The van der Waals surface area contributed by atoms with Crippen LogP contribution in [0.1, 0.15) is 37.8 Å². The van der Waals surface area contributed by atoms with E-state index in [1.807, 2.05) is 47.9 Å². The Balaban J connectivity index is 1.41. The van der Waals surface area contributed by atoms with Crippen LogP contribution in [0.3, 0.4) is 0 Å². The molecule has 7 nitrogen and oxygen atoms in total. The van der Waals surface area contributed by atoms with Crippen molar-refractivity contribution in [2.75, 3.05) is 5.32 Å². The first-order chi connectivity index (χ1) is 15.6. The number of hydrogen-bond donors (Lipinski definition) is 1. The number of aryl methyl sites for hydroxylation is 2. The number of carbonyl (C=O) groups is 1. The number of para-hydroxylation sites is 2. The molecule has 0 bridgehead atoms. The Morgan fingerprint density at radius 2 is 2.00 bits per heavy atom. The van der Waals surface area contributed by atoms with Crippen LogP contribution in [-0.2, 0) is 30.7 Å². The summed E-state index contributed by atoms with van der Waals surface area (Å²) in [6, 6.07) is 13.4. The molecule has 8 heteroatoms. The van der Waals surface area contributed by atoms with Gasteiger partial charge in [-0.3, -0.25) is 4.79 Å². The average Bonchev–Trinajstić information content (AvgIpc) is 3.27. The van der Waals surface area contributed by atoms with Gasteiger partial charge in [0.1, 0.15) is 18.2 Å². The molecule has 0 atom stereocenters. The molecule has 5 rings (SSSR count). The number of nitrogens with zero attached hydrogens (tertiary/aromatic N) is 5. The zero-order valence-corrected chi connectivity index (χ0v) is 18.8. The molecule has 0 saturated heterocycles. The summed E-state index contributed by atoms with van der Waals surface area (Å²) in [6.07, 6.45) is 5.11. The third kappa shape index (κ3) is 3.88. The minimum atomic E-state index is -0.115. The van der Waals surface area contributed by atoms with Crippen molar-refractivity contribution in [3.05, 3.63) is 59.1 Å². The van der Waals surface area contributed by atoms with Crippen LogP contribution in [0.4, 0.5) is 5.69 Å². The molecule has 0 aliphatic carbocycles. The van der Waals surface area contributed by atoms with Gasteiger partial charge in [-0.05, 0) is 43.2 Å². The molecule has 164 valence electrons. The van der Waals surface area contributed by atoms with Crippen molar-refractivity contribution in [3.8, 4) is 11.4 Å². The lowest BCUT2D eigenvalue weighted by Crippen LogP contribution is -2.20. The second-order valence-electron chi connectivity index (χ2n) is 8.10. The first-order valence-electron chi connectivity index (χ1n) is 11.1. The highest BCUT2D eigenvalue weighted by Crippen LogP contribution is 2.31. The molecule has 1 aliphatic heterocycles. The second-order valence-corrected chi connectivity index (χ2v) is 8.51. The van der Waals surface area contributed by atoms with Gasteiger partial charge in [0.25, 0.3) is 0 Å². The van der Waals surface area contributed by atoms with Crippen LogP contribution < -0.4 is 5.32 Å². The maximum absolute atomic E-state index is 12.9. The molecular weight excluding hydrogens is 424 g/mol. The summed E-state index contributed by atoms with van der Waals surface area (Å²) < 4.78 is 4.13. The van der Waals surface area contributed by atoms with E-state index in [1.54, 1.807) is 6.07 Å². The third-order valence-electron chi connectivity index (χ3n) is 5.95. The zero-order chi connectivity index (χ0) is 22.1. The molecule has 1 aliphatic rings. The van der Waals surface area contributed by atoms with Gasteiger partial charge in [-0.15, -0.1) is 10.2 Å². The van der Waals surface area contributed by atoms with Crippen molar-refractivity contribution in [3.63, 3.8) is 0 Å². The van der Waals surface area contributed by atoms with E-state index in [-0.39, 0.29) is 12.5 Å². The lowest BCUT2D eigenvalue weighted by molar-refractivity contribution is -0.116. The minimum Gasteiger partial charge on any atom is -0.325 e. The summed E-state index contributed by atoms with van der Waals surface area (Å²) in [6.45, 7) is 3.13. The molecule has 1 N–H and O–H groups in total. The predicted octanol–water partition coefficient (Wildman–Crippen LogP) is 4.88. The minimum absolute atomic E-state index is 0.115. The molecule has 1 amide bonds. The average molecular weight is 449 g/mol. The van der Waals surface area contributed by atoms with Crippen LogP contribution in [0.25, 0.3) is 22.4 Å². The topological polar surface area (TPSA) is 77.6 Å². The van der Waals surface area contributed by atoms with Gasteiger partial charge in [-0.1, -0.05) is 37.1 Å². The molecule has 0 fully saturated rings. The van der Waals surface area contributed by atoms with Crippen LogP contribution in [0.2, 0.25) is 5.02 Å². The van der Waals surface area contributed by atoms with E-state index >= 15 is 0 Å². The maximum Gasteiger partial charge on any atom is 0.244 e. The van der Waals surface area contributed by atoms with Crippen LogP contribution in [0.5, 0.6) is 0 Å². The van der Waals surface area contributed by atoms with Gasteiger partial charge in [0.05, 0.1) is 16.1 Å². The van der Waals surface area contributed by atoms with Crippen LogP contribution in [-0.4, -0.2) is 30.2 Å². The number of imidazole rings is 1. The van der Waals surface area contributed by atoms with Gasteiger partial charge < -0.3 is 14.5 Å². The zero-order valence-electron chi connectivity index (χ0n) is 18.0. The van der Waals surface area contributed by atoms with Gasteiger partial charge >= 0.3 is 0 Å². The summed E-state index contributed by atoms with van der Waals surface area (Å²) in [5.41, 5.74) is 3.33. The fourth-order valence-electron chi connectivity index (χ4n) is 4.37. The number of amides is 1. The van der Waals surface area contributed by atoms with Crippen molar-refractivity contribution in [2.24, 2.45) is 0 Å². The number of anilines is 1. The maximum atomic E-state index is 12.9. The van der Waals surface area contributed by atoms with Gasteiger partial charge in [-0.25, -0.2) is 4.98 Å². The monoisotopic (exact) mass is 448 g/mol. The van der Waals surface area contributed by atoms with Crippen LogP contribution in [0, 0.1) is 0 Å². The molecule has 3 heterocycles. The molecule has 32 heavy (non-hydrogen) atoms. The highest BCUT2D eigenvalue weighted by Gasteiger charge is 2.19. The number of fused-ring (bicyclic) bond motifs is 2. The normalized spacial score (nSPS) is 13.7. The highest BCUT2D eigenvalue weighted by atomic mass is 35.5. The van der Waals surface area contributed by atoms with Gasteiger partial charge in [-0.2, -0.15) is 0 Å². The Morgan fingerprint density at radius 1 is 1.12 bits per heavy atom. The summed E-state index contributed by atoms with van der Waals surface area (Å²) in [7, 11) is 0. The van der Waals surface area contributed by atoms with Crippen molar-refractivity contribution in [1.82, 2.24) is 24.3 Å². The van der Waals surface area contributed by atoms with E-state index in [0.717, 1.165) is 66.3 Å². The molecule has 2 aromatic heterocycles. The quantitative estimate of drug-likeness (QED) is 0.472. The molecule has 4 aromatic rings. The molecule has 0 radical (unpaired) electrons. The standard InChI is InChI=1S/C24H25ClN6O/c1-2-21-27-19-8-5-6-9-20(19)31(21)15-23(32)26-16-11-12-18(25)17(14-16)24-29-28-22-10-4-3-7-13-30(22)24/h5-6,8-9,11-12,14H,2-4,7,10,13,15H2,1H3,(H,26,32). The van der Waals surface area contributed by atoms with E-state index in [4.69, 9.17) is 11.6 Å². The van der Waals surface area contributed by atoms with Crippen molar-refractivity contribution in [1.29, 1.82) is 0 Å². The van der Waals surface area contributed by atoms with Crippen LogP contribution >= 0.6 is 11.6 Å². The second kappa shape index (κ2) is 8.74. The van der Waals surface area contributed by atoms with E-state index in [1.165, 1.54) is 6.42 Å². The first kappa shape index (κ1) is 20.7. The molecule has 0 saturated carbocycles. The summed E-state index contributed by atoms with van der Waals surface area (Å²) >= 11 is 6.52. The highest BCUT2D eigenvalue weighted by molar-refractivity contribution is 6.33. The number of benzene rings is 2. The predicted molar refractivity (Wildman–Crippen MR) is 126 cm³/mol. The Bertz CT molecular complexity index is 1290. The van der Waals surface area contributed by atoms with E-state index in [9.17, 15) is 4.79 Å². The molecular formula is C24H25ClN6O. The lowest BCUT2D eigenvalue weighted by atomic mass is 10.1. The van der Waals surface area contributed by atoms with Gasteiger partial charge in [0.2, 0.25) is 5.91 Å². The summed E-state index contributed by atoms with van der Waals surface area (Å²) in [5.74, 6) is 2.54.